The Morgan fingerprint density at radius 3 is 1.53 bits per heavy atom. The van der Waals surface area contributed by atoms with Gasteiger partial charge in [0.2, 0.25) is 0 Å². The molecule has 3 nitrogen and oxygen atoms in total. The second kappa shape index (κ2) is 21.4. The Kier molecular flexibility index (Phi) is 19.6. The molecule has 4 heteroatoms. The third-order valence-electron chi connectivity index (χ3n) is 7.46. The number of unbranched alkanes of at least 4 members (excludes halogenated alkanes) is 16. The molecule has 1 heterocycles. The van der Waals surface area contributed by atoms with Gasteiger partial charge in [-0.25, -0.2) is 4.99 Å². The molecule has 1 aliphatic heterocycles. The Hall–Kier alpha value is -0.900. The molecule has 1 atom stereocenters. The number of quaternary nitrogens is 1. The second-order valence-corrected chi connectivity index (χ2v) is 10.4. The highest BCUT2D eigenvalue weighted by atomic mass is 35.5. The molecule has 0 amide bonds. The molecule has 1 N–H and O–H groups in total. The van der Waals surface area contributed by atoms with E-state index in [0.29, 0.717) is 0 Å². The van der Waals surface area contributed by atoms with Crippen molar-refractivity contribution in [2.24, 2.45) is 4.99 Å². The largest absolute Gasteiger partial charge is 1.00 e. The molecular weight excluding hydrogens is 440 g/mol. The molecule has 0 aliphatic carbocycles. The minimum Gasteiger partial charge on any atom is -1.00 e. The summed E-state index contributed by atoms with van der Waals surface area (Å²) in [6.45, 7) is 4.32. The SMILES string of the molecule is OCC[N+]1(CCCCCCCCCCCCCCCCCCCc2ccccc2)C=NCC1.[Cl-]. The first kappa shape index (κ1) is 31.1. The van der Waals surface area contributed by atoms with Crippen molar-refractivity contribution in [2.45, 2.75) is 116 Å². The predicted molar refractivity (Wildman–Crippen MR) is 144 cm³/mol. The first-order valence-electron chi connectivity index (χ1n) is 14.4. The average Bonchev–Trinajstić information content (AvgIpc) is 3.30. The van der Waals surface area contributed by atoms with Crippen LogP contribution in [0.1, 0.15) is 115 Å². The Morgan fingerprint density at radius 2 is 1.09 bits per heavy atom. The lowest BCUT2D eigenvalue weighted by atomic mass is 10.0. The highest BCUT2D eigenvalue weighted by Crippen LogP contribution is 2.16. The Balaban J connectivity index is 0.00000578. The molecule has 1 aromatic carbocycles. The van der Waals surface area contributed by atoms with Gasteiger partial charge in [-0.15, -0.1) is 0 Å². The molecule has 1 unspecified atom stereocenters. The Morgan fingerprint density at radius 1 is 0.618 bits per heavy atom. The Labute approximate surface area is 217 Å². The smallest absolute Gasteiger partial charge is 0.185 e. The van der Waals surface area contributed by atoms with Crippen LogP contribution in [-0.4, -0.2) is 48.7 Å². The summed E-state index contributed by atoms with van der Waals surface area (Å²) in [6, 6.07) is 10.9. The van der Waals surface area contributed by atoms with E-state index in [-0.39, 0.29) is 19.0 Å². The second-order valence-electron chi connectivity index (χ2n) is 10.4. The summed E-state index contributed by atoms with van der Waals surface area (Å²) in [5.41, 5.74) is 1.50. The van der Waals surface area contributed by atoms with Crippen molar-refractivity contribution in [1.29, 1.82) is 0 Å². The number of hydrogen-bond donors (Lipinski definition) is 1. The third kappa shape index (κ3) is 15.2. The molecule has 0 aromatic heterocycles. The molecule has 34 heavy (non-hydrogen) atoms. The molecule has 2 rings (SSSR count). The number of aliphatic hydroxyl groups excluding tert-OH is 1. The molecule has 1 aliphatic rings. The van der Waals surface area contributed by atoms with Crippen LogP contribution in [0.2, 0.25) is 0 Å². The quantitative estimate of drug-likeness (QED) is 0.184. The molecule has 0 radical (unpaired) electrons. The van der Waals surface area contributed by atoms with Gasteiger partial charge in [-0.1, -0.05) is 120 Å². The van der Waals surface area contributed by atoms with Gasteiger partial charge >= 0.3 is 0 Å². The zero-order valence-electron chi connectivity index (χ0n) is 21.9. The summed E-state index contributed by atoms with van der Waals surface area (Å²) in [5, 5.41) is 9.30. The predicted octanol–water partition coefficient (Wildman–Crippen LogP) is 4.72. The maximum atomic E-state index is 9.30. The minimum atomic E-state index is 0. The average molecular weight is 493 g/mol. The van der Waals surface area contributed by atoms with Gasteiger partial charge in [0.25, 0.3) is 0 Å². The van der Waals surface area contributed by atoms with Crippen LogP contribution in [-0.2, 0) is 6.42 Å². The van der Waals surface area contributed by atoms with Gasteiger partial charge in [-0.3, -0.25) is 4.48 Å². The molecule has 0 fully saturated rings. The fourth-order valence-electron chi connectivity index (χ4n) is 5.25. The number of hydrogen-bond acceptors (Lipinski definition) is 2. The summed E-state index contributed by atoms with van der Waals surface area (Å²) in [4.78, 5) is 4.40. The Bertz CT molecular complexity index is 595. The summed E-state index contributed by atoms with van der Waals surface area (Å²) < 4.78 is 0.922. The van der Waals surface area contributed by atoms with Crippen molar-refractivity contribution >= 4 is 6.34 Å². The van der Waals surface area contributed by atoms with E-state index in [9.17, 15) is 5.11 Å². The third-order valence-corrected chi connectivity index (χ3v) is 7.46. The summed E-state index contributed by atoms with van der Waals surface area (Å²) in [5.74, 6) is 0. The monoisotopic (exact) mass is 492 g/mol. The van der Waals surface area contributed by atoms with E-state index in [1.54, 1.807) is 0 Å². The molecule has 0 saturated carbocycles. The lowest BCUT2D eigenvalue weighted by molar-refractivity contribution is -0.829. The van der Waals surface area contributed by atoms with Crippen LogP contribution in [0, 0.1) is 0 Å². The van der Waals surface area contributed by atoms with Gasteiger partial charge in [-0.2, -0.15) is 0 Å². The van der Waals surface area contributed by atoms with Crippen molar-refractivity contribution in [2.75, 3.05) is 32.8 Å². The van der Waals surface area contributed by atoms with Gasteiger partial charge in [0, 0.05) is 0 Å². The van der Waals surface area contributed by atoms with E-state index in [1.807, 2.05) is 0 Å². The van der Waals surface area contributed by atoms with E-state index >= 15 is 0 Å². The molecule has 1 aromatic rings. The summed E-state index contributed by atoms with van der Waals surface area (Å²) in [7, 11) is 0. The van der Waals surface area contributed by atoms with E-state index in [2.05, 4.69) is 41.7 Å². The zero-order chi connectivity index (χ0) is 23.3. The van der Waals surface area contributed by atoms with E-state index in [4.69, 9.17) is 0 Å². The fraction of sp³-hybridized carbons (Fsp3) is 0.767. The topological polar surface area (TPSA) is 32.6 Å². The molecule has 196 valence electrons. The maximum absolute atomic E-state index is 9.30. The molecule has 0 saturated heterocycles. The number of halogens is 1. The highest BCUT2D eigenvalue weighted by molar-refractivity contribution is 5.48. The number of aliphatic imine (C=N–C) groups is 1. The van der Waals surface area contributed by atoms with Crippen LogP contribution in [0.15, 0.2) is 35.3 Å². The summed E-state index contributed by atoms with van der Waals surface area (Å²) >= 11 is 0. The normalized spacial score (nSPS) is 17.2. The standard InChI is InChI=1S/C30H53N2O.ClH/c33-28-27-32(26-24-31-29-32)25-20-15-13-11-9-7-5-3-1-2-4-6-8-10-12-14-17-21-30-22-18-16-19-23-30;/h16,18-19,22-23,29,33H,1-15,17,20-21,24-28H2;1H/q+1;/p-1. The fourth-order valence-corrected chi connectivity index (χ4v) is 5.25. The molecule has 0 spiro atoms. The van der Waals surface area contributed by atoms with Crippen LogP contribution in [0.3, 0.4) is 0 Å². The molecule has 0 bridgehead atoms. The van der Waals surface area contributed by atoms with E-state index < -0.39 is 0 Å². The first-order chi connectivity index (χ1) is 16.3. The van der Waals surface area contributed by atoms with Gasteiger partial charge in [0.15, 0.2) is 6.34 Å². The van der Waals surface area contributed by atoms with Crippen molar-refractivity contribution in [1.82, 2.24) is 0 Å². The van der Waals surface area contributed by atoms with Crippen LogP contribution >= 0.6 is 0 Å². The number of rotatable bonds is 22. The van der Waals surface area contributed by atoms with Gasteiger partial charge in [0.05, 0.1) is 19.7 Å². The zero-order valence-corrected chi connectivity index (χ0v) is 22.7. The van der Waals surface area contributed by atoms with Crippen molar-refractivity contribution in [3.63, 3.8) is 0 Å². The van der Waals surface area contributed by atoms with Crippen LogP contribution in [0.5, 0.6) is 0 Å². The van der Waals surface area contributed by atoms with Gasteiger partial charge < -0.3 is 17.5 Å². The van der Waals surface area contributed by atoms with E-state index in [1.165, 1.54) is 121 Å². The minimum absolute atomic E-state index is 0. The number of benzene rings is 1. The number of aliphatic hydroxyl groups is 1. The lowest BCUT2D eigenvalue weighted by Crippen LogP contribution is -3.00. The van der Waals surface area contributed by atoms with Crippen molar-refractivity contribution in [3.05, 3.63) is 35.9 Å². The van der Waals surface area contributed by atoms with Crippen molar-refractivity contribution in [3.8, 4) is 0 Å². The molecular formula is C30H53ClN2O. The van der Waals surface area contributed by atoms with Crippen LogP contribution < -0.4 is 12.4 Å². The van der Waals surface area contributed by atoms with Gasteiger partial charge in [-0.05, 0) is 31.2 Å². The first-order valence-corrected chi connectivity index (χ1v) is 14.4. The number of nitrogens with zero attached hydrogens (tertiary/aromatic N) is 2. The van der Waals surface area contributed by atoms with Crippen molar-refractivity contribution < 1.29 is 22.0 Å². The highest BCUT2D eigenvalue weighted by Gasteiger charge is 2.27. The van der Waals surface area contributed by atoms with Gasteiger partial charge in [0.1, 0.15) is 13.1 Å². The summed E-state index contributed by atoms with van der Waals surface area (Å²) in [6.07, 6.45) is 27.3. The van der Waals surface area contributed by atoms with Crippen LogP contribution in [0.25, 0.3) is 0 Å². The van der Waals surface area contributed by atoms with Crippen LogP contribution in [0.4, 0.5) is 0 Å². The van der Waals surface area contributed by atoms with E-state index in [0.717, 1.165) is 30.7 Å². The maximum Gasteiger partial charge on any atom is 0.185 e. The number of aryl methyl sites for hydroxylation is 1. The lowest BCUT2D eigenvalue weighted by Gasteiger charge is -2.29.